The largest absolute Gasteiger partial charge is 0.481 e. The molecule has 0 aliphatic rings. The zero-order chi connectivity index (χ0) is 14.7. The van der Waals surface area contributed by atoms with Crippen molar-refractivity contribution in [3.05, 3.63) is 47.3 Å². The molecule has 0 bridgehead atoms. The predicted molar refractivity (Wildman–Crippen MR) is 80.3 cm³/mol. The van der Waals surface area contributed by atoms with E-state index < -0.39 is 5.97 Å². The Bertz CT molecular complexity index is 622. The minimum Gasteiger partial charge on any atom is -0.481 e. The first-order valence-corrected chi connectivity index (χ1v) is 7.43. The Kier molecular flexibility index (Phi) is 4.49. The summed E-state index contributed by atoms with van der Waals surface area (Å²) in [4.78, 5) is 15.1. The number of hydrogen-bond acceptors (Lipinski definition) is 3. The van der Waals surface area contributed by atoms with Crippen LogP contribution in [0.25, 0.3) is 0 Å². The molecule has 0 aliphatic carbocycles. The quantitative estimate of drug-likeness (QED) is 0.859. The molecule has 20 heavy (non-hydrogen) atoms. The predicted octanol–water partition coefficient (Wildman–Crippen LogP) is 3.29. The SMILES string of the molecule is Cc1cn(C(C)c2ccccc2C)c(SCC(=O)O)n1. The van der Waals surface area contributed by atoms with Crippen LogP contribution in [0, 0.1) is 13.8 Å². The highest BCUT2D eigenvalue weighted by atomic mass is 32.2. The Morgan fingerprint density at radius 2 is 2.10 bits per heavy atom. The second-order valence-corrected chi connectivity index (χ2v) is 5.73. The van der Waals surface area contributed by atoms with Crippen molar-refractivity contribution >= 4 is 17.7 Å². The van der Waals surface area contributed by atoms with E-state index in [0.717, 1.165) is 10.9 Å². The molecule has 5 heteroatoms. The fraction of sp³-hybridized carbons (Fsp3) is 0.333. The minimum atomic E-state index is -0.828. The third kappa shape index (κ3) is 3.22. The molecule has 1 aromatic heterocycles. The van der Waals surface area contributed by atoms with Gasteiger partial charge in [0.05, 0.1) is 17.5 Å². The van der Waals surface area contributed by atoms with Crippen molar-refractivity contribution in [3.8, 4) is 0 Å². The molecule has 1 unspecified atom stereocenters. The van der Waals surface area contributed by atoms with Crippen molar-refractivity contribution in [3.63, 3.8) is 0 Å². The second kappa shape index (κ2) is 6.13. The van der Waals surface area contributed by atoms with E-state index in [0.29, 0.717) is 0 Å². The molecule has 2 aromatic rings. The molecule has 0 amide bonds. The maximum absolute atomic E-state index is 10.7. The molecular formula is C15H18N2O2S. The van der Waals surface area contributed by atoms with E-state index >= 15 is 0 Å². The van der Waals surface area contributed by atoms with Crippen molar-refractivity contribution in [2.75, 3.05) is 5.75 Å². The summed E-state index contributed by atoms with van der Waals surface area (Å²) in [6, 6.07) is 8.35. The molecule has 0 saturated heterocycles. The number of thioether (sulfide) groups is 1. The maximum Gasteiger partial charge on any atom is 0.313 e. The average molecular weight is 290 g/mol. The third-order valence-corrected chi connectivity index (χ3v) is 4.15. The first-order chi connectivity index (χ1) is 9.49. The smallest absolute Gasteiger partial charge is 0.313 e. The van der Waals surface area contributed by atoms with Gasteiger partial charge in [0.15, 0.2) is 5.16 Å². The van der Waals surface area contributed by atoms with Gasteiger partial charge in [0.25, 0.3) is 0 Å². The molecule has 0 spiro atoms. The maximum atomic E-state index is 10.7. The molecule has 1 atom stereocenters. The highest BCUT2D eigenvalue weighted by molar-refractivity contribution is 7.99. The van der Waals surface area contributed by atoms with Gasteiger partial charge < -0.3 is 9.67 Å². The van der Waals surface area contributed by atoms with Crippen LogP contribution < -0.4 is 0 Å². The lowest BCUT2D eigenvalue weighted by Crippen LogP contribution is -2.09. The average Bonchev–Trinajstić information content (AvgIpc) is 2.77. The summed E-state index contributed by atoms with van der Waals surface area (Å²) in [5.74, 6) is -0.803. The topological polar surface area (TPSA) is 55.1 Å². The van der Waals surface area contributed by atoms with E-state index in [1.54, 1.807) is 0 Å². The van der Waals surface area contributed by atoms with Crippen LogP contribution in [0.1, 0.15) is 29.8 Å². The molecular weight excluding hydrogens is 272 g/mol. The Hall–Kier alpha value is -1.75. The Balaban J connectivity index is 2.32. The number of carboxylic acid groups (broad SMARTS) is 1. The number of benzene rings is 1. The molecule has 0 fully saturated rings. The number of nitrogens with zero attached hydrogens (tertiary/aromatic N) is 2. The summed E-state index contributed by atoms with van der Waals surface area (Å²) >= 11 is 1.26. The first kappa shape index (κ1) is 14.7. The number of aliphatic carboxylic acids is 1. The van der Waals surface area contributed by atoms with Crippen LogP contribution in [0.4, 0.5) is 0 Å². The van der Waals surface area contributed by atoms with Gasteiger partial charge in [-0.15, -0.1) is 0 Å². The summed E-state index contributed by atoms with van der Waals surface area (Å²) in [5, 5.41) is 9.56. The number of carbonyl (C=O) groups is 1. The monoisotopic (exact) mass is 290 g/mol. The van der Waals surface area contributed by atoms with Gasteiger partial charge in [-0.3, -0.25) is 4.79 Å². The van der Waals surface area contributed by atoms with Crippen molar-refractivity contribution in [2.24, 2.45) is 0 Å². The molecule has 0 radical (unpaired) electrons. The van der Waals surface area contributed by atoms with Crippen molar-refractivity contribution in [1.82, 2.24) is 9.55 Å². The van der Waals surface area contributed by atoms with E-state index in [-0.39, 0.29) is 11.8 Å². The summed E-state index contributed by atoms with van der Waals surface area (Å²) in [6.45, 7) is 6.11. The first-order valence-electron chi connectivity index (χ1n) is 6.44. The standard InChI is InChI=1S/C15H18N2O2S/c1-10-6-4-5-7-13(10)12(3)17-8-11(2)16-15(17)20-9-14(18)19/h4-8,12H,9H2,1-3H3,(H,18,19). The number of aromatic nitrogens is 2. The minimum absolute atomic E-state index is 0.0247. The lowest BCUT2D eigenvalue weighted by atomic mass is 10.0. The van der Waals surface area contributed by atoms with Crippen LogP contribution in [0.3, 0.4) is 0 Å². The molecule has 106 valence electrons. The summed E-state index contributed by atoms with van der Waals surface area (Å²) in [7, 11) is 0. The number of imidazole rings is 1. The van der Waals surface area contributed by atoms with Crippen molar-refractivity contribution < 1.29 is 9.90 Å². The third-order valence-electron chi connectivity index (χ3n) is 3.20. The summed E-state index contributed by atoms with van der Waals surface area (Å²) in [6.07, 6.45) is 1.97. The fourth-order valence-corrected chi connectivity index (χ4v) is 3.03. The lowest BCUT2D eigenvalue weighted by Gasteiger charge is -2.18. The van der Waals surface area contributed by atoms with Crippen molar-refractivity contribution in [2.45, 2.75) is 32.0 Å². The van der Waals surface area contributed by atoms with E-state index in [1.807, 2.05) is 29.8 Å². The molecule has 0 aliphatic heterocycles. The number of rotatable bonds is 5. The molecule has 1 heterocycles. The second-order valence-electron chi connectivity index (χ2n) is 4.79. The summed E-state index contributed by atoms with van der Waals surface area (Å²) in [5.41, 5.74) is 3.35. The van der Waals surface area contributed by atoms with Crippen LogP contribution >= 0.6 is 11.8 Å². The van der Waals surface area contributed by atoms with Crippen LogP contribution in [-0.4, -0.2) is 26.4 Å². The van der Waals surface area contributed by atoms with E-state index in [4.69, 9.17) is 5.11 Å². The Morgan fingerprint density at radius 3 is 2.75 bits per heavy atom. The Morgan fingerprint density at radius 1 is 1.40 bits per heavy atom. The van der Waals surface area contributed by atoms with Gasteiger partial charge in [0.2, 0.25) is 0 Å². The van der Waals surface area contributed by atoms with E-state index in [9.17, 15) is 4.79 Å². The van der Waals surface area contributed by atoms with E-state index in [1.165, 1.54) is 22.9 Å². The molecule has 0 saturated carbocycles. The summed E-state index contributed by atoms with van der Waals surface area (Å²) < 4.78 is 2.05. The van der Waals surface area contributed by atoms with Gasteiger partial charge in [0.1, 0.15) is 0 Å². The van der Waals surface area contributed by atoms with Crippen LogP contribution in [0.5, 0.6) is 0 Å². The van der Waals surface area contributed by atoms with Crippen LogP contribution in [-0.2, 0) is 4.79 Å². The number of carboxylic acids is 1. The number of aryl methyl sites for hydroxylation is 2. The van der Waals surface area contributed by atoms with Gasteiger partial charge in [0, 0.05) is 6.20 Å². The van der Waals surface area contributed by atoms with Gasteiger partial charge in [-0.2, -0.15) is 0 Å². The van der Waals surface area contributed by atoms with Gasteiger partial charge in [-0.25, -0.2) is 4.98 Å². The zero-order valence-electron chi connectivity index (χ0n) is 11.8. The highest BCUT2D eigenvalue weighted by Gasteiger charge is 2.16. The lowest BCUT2D eigenvalue weighted by molar-refractivity contribution is -0.133. The van der Waals surface area contributed by atoms with Gasteiger partial charge in [-0.05, 0) is 31.9 Å². The van der Waals surface area contributed by atoms with Gasteiger partial charge in [-0.1, -0.05) is 36.0 Å². The highest BCUT2D eigenvalue weighted by Crippen LogP contribution is 2.27. The zero-order valence-corrected chi connectivity index (χ0v) is 12.6. The van der Waals surface area contributed by atoms with Gasteiger partial charge >= 0.3 is 5.97 Å². The van der Waals surface area contributed by atoms with Crippen molar-refractivity contribution in [1.29, 1.82) is 0 Å². The van der Waals surface area contributed by atoms with E-state index in [2.05, 4.69) is 31.0 Å². The van der Waals surface area contributed by atoms with Crippen LogP contribution in [0.2, 0.25) is 0 Å². The molecule has 1 N–H and O–H groups in total. The molecule has 1 aromatic carbocycles. The van der Waals surface area contributed by atoms with Crippen LogP contribution in [0.15, 0.2) is 35.6 Å². The normalized spacial score (nSPS) is 12.3. The Labute approximate surface area is 122 Å². The fourth-order valence-electron chi connectivity index (χ4n) is 2.21. The molecule has 4 nitrogen and oxygen atoms in total. The molecule has 2 rings (SSSR count). The number of hydrogen-bond donors (Lipinski definition) is 1.